The summed E-state index contributed by atoms with van der Waals surface area (Å²) in [5, 5.41) is 10.3. The fraction of sp³-hybridized carbons (Fsp3) is 0.333. The number of carboxylic acid groups (broad SMARTS) is 1. The van der Waals surface area contributed by atoms with Gasteiger partial charge in [0.1, 0.15) is 5.92 Å². The monoisotopic (exact) mass is 591 g/mol. The first-order chi connectivity index (χ1) is 16.3. The first-order valence-electron chi connectivity index (χ1n) is 10.7. The topological polar surface area (TPSA) is 110 Å². The predicted octanol–water partition coefficient (Wildman–Crippen LogP) is 3.28. The second-order valence-corrected chi connectivity index (χ2v) is 10.1. The summed E-state index contributed by atoms with van der Waals surface area (Å²) in [7, 11) is 0. The second kappa shape index (κ2) is 8.67. The highest BCUT2D eigenvalue weighted by molar-refractivity contribution is 9.13. The summed E-state index contributed by atoms with van der Waals surface area (Å²) >= 11 is 6.83. The van der Waals surface area contributed by atoms with Crippen molar-refractivity contribution in [3.05, 3.63) is 68.1 Å². The van der Waals surface area contributed by atoms with Crippen LogP contribution in [0.5, 0.6) is 0 Å². The van der Waals surface area contributed by atoms with Gasteiger partial charge in [-0.2, -0.15) is 0 Å². The van der Waals surface area contributed by atoms with Gasteiger partial charge in [-0.25, -0.2) is 0 Å². The van der Waals surface area contributed by atoms with E-state index in [-0.39, 0.29) is 24.2 Å². The van der Waals surface area contributed by atoms with Gasteiger partial charge in [0, 0.05) is 33.2 Å². The van der Waals surface area contributed by atoms with Crippen LogP contribution in [0.25, 0.3) is 0 Å². The molecule has 1 amide bonds. The van der Waals surface area contributed by atoms with E-state index in [1.165, 1.54) is 17.0 Å². The number of ether oxygens (including phenoxy) is 2. The van der Waals surface area contributed by atoms with Crippen molar-refractivity contribution in [2.75, 3.05) is 26.3 Å². The van der Waals surface area contributed by atoms with Crippen LogP contribution >= 0.6 is 31.9 Å². The van der Waals surface area contributed by atoms with Crippen LogP contribution in [-0.4, -0.2) is 65.4 Å². The Bertz CT molecular complexity index is 1190. The molecule has 2 heterocycles. The van der Waals surface area contributed by atoms with E-state index in [9.17, 15) is 24.3 Å². The number of morpholine rings is 1. The number of fused-ring (bicyclic) bond motifs is 1. The lowest BCUT2D eigenvalue weighted by molar-refractivity contribution is -0.152. The molecule has 0 bridgehead atoms. The quantitative estimate of drug-likeness (QED) is 0.545. The number of amides is 1. The number of ketones is 2. The average Bonchev–Trinajstić information content (AvgIpc) is 3.31. The molecule has 0 aromatic heterocycles. The summed E-state index contributed by atoms with van der Waals surface area (Å²) < 4.78 is 12.9. The van der Waals surface area contributed by atoms with Crippen LogP contribution < -0.4 is 0 Å². The zero-order valence-corrected chi connectivity index (χ0v) is 20.9. The number of nitrogens with zero attached hydrogens (tertiary/aromatic N) is 1. The largest absolute Gasteiger partial charge is 0.481 e. The Hall–Kier alpha value is -2.40. The second-order valence-electron chi connectivity index (χ2n) is 8.43. The SMILES string of the molecule is O=C(O)C1C(C(=O)N2CCOCC2)C(c2ccc(Br)c(Br)c2)OC12C(=O)c1ccccc1C2=O. The van der Waals surface area contributed by atoms with Crippen LogP contribution in [0.3, 0.4) is 0 Å². The fourth-order valence-corrected chi connectivity index (χ4v) is 5.75. The highest BCUT2D eigenvalue weighted by Crippen LogP contribution is 2.54. The molecule has 3 unspecified atom stereocenters. The molecule has 2 aromatic rings. The number of aliphatic carboxylic acids is 1. The van der Waals surface area contributed by atoms with Gasteiger partial charge in [-0.1, -0.05) is 30.3 Å². The molecule has 1 spiro atoms. The Labute approximate surface area is 211 Å². The lowest BCUT2D eigenvalue weighted by Gasteiger charge is -2.32. The minimum absolute atomic E-state index is 0.106. The minimum atomic E-state index is -2.31. The maximum Gasteiger partial charge on any atom is 0.311 e. The number of carbonyl (C=O) groups is 4. The zero-order chi connectivity index (χ0) is 24.2. The Morgan fingerprint density at radius 1 is 0.971 bits per heavy atom. The van der Waals surface area contributed by atoms with Gasteiger partial charge in [0.15, 0.2) is 0 Å². The molecule has 34 heavy (non-hydrogen) atoms. The van der Waals surface area contributed by atoms with E-state index in [2.05, 4.69) is 31.9 Å². The minimum Gasteiger partial charge on any atom is -0.481 e. The molecule has 0 radical (unpaired) electrons. The van der Waals surface area contributed by atoms with Gasteiger partial charge in [-0.05, 0) is 49.6 Å². The lowest BCUT2D eigenvalue weighted by Crippen LogP contribution is -2.53. The van der Waals surface area contributed by atoms with Crippen molar-refractivity contribution in [1.82, 2.24) is 4.90 Å². The summed E-state index contributed by atoms with van der Waals surface area (Å²) in [6, 6.07) is 11.3. The van der Waals surface area contributed by atoms with Gasteiger partial charge in [-0.15, -0.1) is 0 Å². The lowest BCUT2D eigenvalue weighted by atomic mass is 9.75. The molecular weight excluding hydrogens is 574 g/mol. The van der Waals surface area contributed by atoms with E-state index in [0.29, 0.717) is 23.2 Å². The molecule has 3 atom stereocenters. The van der Waals surface area contributed by atoms with E-state index in [4.69, 9.17) is 9.47 Å². The first kappa shape index (κ1) is 23.3. The van der Waals surface area contributed by atoms with Gasteiger partial charge in [0.2, 0.25) is 23.1 Å². The summed E-state index contributed by atoms with van der Waals surface area (Å²) in [5.74, 6) is -6.33. The third-order valence-corrected chi connectivity index (χ3v) is 8.55. The van der Waals surface area contributed by atoms with E-state index >= 15 is 0 Å². The van der Waals surface area contributed by atoms with Crippen LogP contribution in [0, 0.1) is 11.8 Å². The Morgan fingerprint density at radius 3 is 2.15 bits per heavy atom. The number of benzene rings is 2. The van der Waals surface area contributed by atoms with Gasteiger partial charge in [0.05, 0.1) is 25.2 Å². The van der Waals surface area contributed by atoms with Gasteiger partial charge < -0.3 is 19.5 Å². The first-order valence-corrected chi connectivity index (χ1v) is 12.3. The number of rotatable bonds is 3. The highest BCUT2D eigenvalue weighted by atomic mass is 79.9. The Morgan fingerprint density at radius 2 is 1.59 bits per heavy atom. The molecule has 3 aliphatic rings. The molecule has 1 aliphatic carbocycles. The van der Waals surface area contributed by atoms with Gasteiger partial charge in [-0.3, -0.25) is 19.2 Å². The fourth-order valence-electron chi connectivity index (χ4n) is 5.11. The Kier molecular flexibility index (Phi) is 5.96. The molecular formula is C24H19Br2NO7. The summed E-state index contributed by atoms with van der Waals surface area (Å²) in [6.45, 7) is 1.21. The van der Waals surface area contributed by atoms with Crippen LogP contribution in [-0.2, 0) is 19.1 Å². The van der Waals surface area contributed by atoms with E-state index < -0.39 is 47.0 Å². The Balaban J connectivity index is 1.68. The third kappa shape index (κ3) is 3.38. The van der Waals surface area contributed by atoms with Crippen LogP contribution in [0.2, 0.25) is 0 Å². The zero-order valence-electron chi connectivity index (χ0n) is 17.7. The molecule has 2 saturated heterocycles. The number of hydrogen-bond donors (Lipinski definition) is 1. The number of carbonyl (C=O) groups excluding carboxylic acids is 3. The van der Waals surface area contributed by atoms with Gasteiger partial charge >= 0.3 is 5.97 Å². The maximum atomic E-state index is 13.8. The molecule has 2 fully saturated rings. The van der Waals surface area contributed by atoms with Crippen molar-refractivity contribution in [2.45, 2.75) is 11.7 Å². The molecule has 0 saturated carbocycles. The van der Waals surface area contributed by atoms with Crippen molar-refractivity contribution in [2.24, 2.45) is 11.8 Å². The maximum absolute atomic E-state index is 13.8. The number of Topliss-reactive ketones (excluding diaryl/α,β-unsaturated/α-hetero) is 2. The molecule has 8 nitrogen and oxygen atoms in total. The van der Waals surface area contributed by atoms with Crippen molar-refractivity contribution in [3.8, 4) is 0 Å². The summed E-state index contributed by atoms with van der Waals surface area (Å²) in [4.78, 5) is 55.2. The highest BCUT2D eigenvalue weighted by Gasteiger charge is 2.71. The molecule has 2 aromatic carbocycles. The third-order valence-electron chi connectivity index (χ3n) is 6.67. The normalized spacial score (nSPS) is 25.6. The van der Waals surface area contributed by atoms with Crippen molar-refractivity contribution in [1.29, 1.82) is 0 Å². The molecule has 1 N–H and O–H groups in total. The molecule has 10 heteroatoms. The standard InChI is InChI=1S/C24H19Br2NO7/c25-15-6-5-12(11-16(15)26)19-17(22(30)27-7-9-33-10-8-27)18(23(31)32)24(34-19)20(28)13-3-1-2-4-14(13)21(24)29/h1-6,11,17-19H,7-10H2,(H,31,32). The number of halogens is 2. The van der Waals surface area contributed by atoms with E-state index in [0.717, 1.165) is 4.47 Å². The van der Waals surface area contributed by atoms with E-state index in [1.54, 1.807) is 30.3 Å². The summed E-state index contributed by atoms with van der Waals surface area (Å²) in [5.41, 5.74) is -1.61. The van der Waals surface area contributed by atoms with Crippen molar-refractivity contribution in [3.63, 3.8) is 0 Å². The molecule has 176 valence electrons. The number of carboxylic acids is 1. The van der Waals surface area contributed by atoms with Crippen LogP contribution in [0.15, 0.2) is 51.4 Å². The predicted molar refractivity (Wildman–Crippen MR) is 126 cm³/mol. The smallest absolute Gasteiger partial charge is 0.311 e. The molecule has 2 aliphatic heterocycles. The molecule has 5 rings (SSSR count). The van der Waals surface area contributed by atoms with Crippen LogP contribution in [0.1, 0.15) is 32.4 Å². The average molecular weight is 593 g/mol. The van der Waals surface area contributed by atoms with Crippen molar-refractivity contribution < 1.29 is 33.8 Å². The summed E-state index contributed by atoms with van der Waals surface area (Å²) in [6.07, 6.45) is -1.12. The van der Waals surface area contributed by atoms with Crippen LogP contribution in [0.4, 0.5) is 0 Å². The van der Waals surface area contributed by atoms with Crippen molar-refractivity contribution >= 4 is 55.3 Å². The van der Waals surface area contributed by atoms with E-state index in [1.807, 2.05) is 0 Å². The number of hydrogen-bond acceptors (Lipinski definition) is 6. The van der Waals surface area contributed by atoms with Gasteiger partial charge in [0.25, 0.3) is 0 Å².